The highest BCUT2D eigenvalue weighted by molar-refractivity contribution is 5.85. The van der Waals surface area contributed by atoms with Gasteiger partial charge in [0, 0.05) is 12.6 Å². The average Bonchev–Trinajstić information content (AvgIpc) is 2.76. The highest BCUT2D eigenvalue weighted by Gasteiger charge is 2.22. The number of hydrogen-bond donors (Lipinski definition) is 1. The van der Waals surface area contributed by atoms with Gasteiger partial charge >= 0.3 is 0 Å². The standard InChI is InChI=1S/C14H27N5.ClH/c1-11(2)8-19-14(16-10-17-19)9-18-6-4-13(5-7-18)12(3)15;/h10-13H,4-9,15H2,1-3H3;1H. The van der Waals surface area contributed by atoms with Gasteiger partial charge in [-0.05, 0) is 44.7 Å². The van der Waals surface area contributed by atoms with Crippen molar-refractivity contribution in [3.8, 4) is 0 Å². The van der Waals surface area contributed by atoms with Crippen LogP contribution in [0.2, 0.25) is 0 Å². The van der Waals surface area contributed by atoms with Crippen molar-refractivity contribution in [2.45, 2.75) is 52.7 Å². The molecule has 1 aromatic heterocycles. The molecule has 0 aliphatic carbocycles. The van der Waals surface area contributed by atoms with Crippen LogP contribution >= 0.6 is 12.4 Å². The molecule has 0 saturated carbocycles. The molecule has 1 fully saturated rings. The second-order valence-electron chi connectivity index (χ2n) is 6.22. The lowest BCUT2D eigenvalue weighted by atomic mass is 9.91. The van der Waals surface area contributed by atoms with Crippen molar-refractivity contribution in [3.05, 3.63) is 12.2 Å². The number of likely N-dealkylation sites (tertiary alicyclic amines) is 1. The largest absolute Gasteiger partial charge is 0.328 e. The molecule has 1 aliphatic rings. The quantitative estimate of drug-likeness (QED) is 0.902. The maximum Gasteiger partial charge on any atom is 0.141 e. The summed E-state index contributed by atoms with van der Waals surface area (Å²) in [4.78, 5) is 6.87. The van der Waals surface area contributed by atoms with E-state index in [2.05, 4.69) is 35.8 Å². The molecule has 1 aliphatic heterocycles. The van der Waals surface area contributed by atoms with Crippen LogP contribution in [0.25, 0.3) is 0 Å². The molecular weight excluding hydrogens is 274 g/mol. The number of nitrogens with two attached hydrogens (primary N) is 1. The molecule has 0 spiro atoms. The lowest BCUT2D eigenvalue weighted by Gasteiger charge is -2.33. The topological polar surface area (TPSA) is 60.0 Å². The van der Waals surface area contributed by atoms with Crippen LogP contribution in [-0.2, 0) is 13.1 Å². The number of halogens is 1. The molecule has 0 bridgehead atoms. The molecule has 0 radical (unpaired) electrons. The van der Waals surface area contributed by atoms with E-state index >= 15 is 0 Å². The highest BCUT2D eigenvalue weighted by Crippen LogP contribution is 2.20. The normalized spacial score (nSPS) is 19.1. The van der Waals surface area contributed by atoms with Crippen molar-refractivity contribution < 1.29 is 0 Å². The smallest absolute Gasteiger partial charge is 0.141 e. The van der Waals surface area contributed by atoms with E-state index in [4.69, 9.17) is 5.73 Å². The van der Waals surface area contributed by atoms with Gasteiger partial charge in [-0.25, -0.2) is 9.67 Å². The third kappa shape index (κ3) is 4.72. The molecule has 2 N–H and O–H groups in total. The molecule has 116 valence electrons. The maximum absolute atomic E-state index is 5.98. The predicted molar refractivity (Wildman–Crippen MR) is 83.8 cm³/mol. The van der Waals surface area contributed by atoms with Gasteiger partial charge in [0.25, 0.3) is 0 Å². The Balaban J connectivity index is 0.00000200. The van der Waals surface area contributed by atoms with E-state index in [1.165, 1.54) is 12.8 Å². The fraction of sp³-hybridized carbons (Fsp3) is 0.857. The molecule has 2 heterocycles. The molecule has 5 nitrogen and oxygen atoms in total. The van der Waals surface area contributed by atoms with E-state index in [1.54, 1.807) is 6.33 Å². The zero-order chi connectivity index (χ0) is 13.8. The van der Waals surface area contributed by atoms with Gasteiger partial charge in [-0.3, -0.25) is 4.90 Å². The van der Waals surface area contributed by atoms with Gasteiger partial charge in [0.15, 0.2) is 0 Å². The van der Waals surface area contributed by atoms with E-state index in [-0.39, 0.29) is 12.4 Å². The van der Waals surface area contributed by atoms with Crippen LogP contribution < -0.4 is 5.73 Å². The monoisotopic (exact) mass is 301 g/mol. The maximum atomic E-state index is 5.98. The minimum Gasteiger partial charge on any atom is -0.328 e. The molecule has 1 atom stereocenters. The minimum atomic E-state index is 0. The third-order valence-electron chi connectivity index (χ3n) is 3.97. The summed E-state index contributed by atoms with van der Waals surface area (Å²) in [6.45, 7) is 10.7. The molecule has 0 aromatic carbocycles. The molecule has 1 saturated heterocycles. The Labute approximate surface area is 128 Å². The van der Waals surface area contributed by atoms with E-state index in [0.717, 1.165) is 32.0 Å². The van der Waals surface area contributed by atoms with Crippen LogP contribution in [0.5, 0.6) is 0 Å². The summed E-state index contributed by atoms with van der Waals surface area (Å²) in [5.74, 6) is 2.38. The van der Waals surface area contributed by atoms with E-state index in [0.29, 0.717) is 17.9 Å². The summed E-state index contributed by atoms with van der Waals surface area (Å²) in [5, 5.41) is 4.32. The first-order valence-corrected chi connectivity index (χ1v) is 7.41. The Bertz CT molecular complexity index is 383. The number of nitrogens with zero attached hydrogens (tertiary/aromatic N) is 4. The van der Waals surface area contributed by atoms with Crippen LogP contribution in [-0.4, -0.2) is 38.8 Å². The lowest BCUT2D eigenvalue weighted by Crippen LogP contribution is -2.39. The average molecular weight is 302 g/mol. The van der Waals surface area contributed by atoms with Crippen LogP contribution in [0.3, 0.4) is 0 Å². The molecule has 2 rings (SSSR count). The molecule has 20 heavy (non-hydrogen) atoms. The van der Waals surface area contributed by atoms with Gasteiger partial charge in [-0.1, -0.05) is 13.8 Å². The van der Waals surface area contributed by atoms with Crippen molar-refractivity contribution in [1.82, 2.24) is 19.7 Å². The van der Waals surface area contributed by atoms with Crippen LogP contribution in [0.4, 0.5) is 0 Å². The van der Waals surface area contributed by atoms with Gasteiger partial charge in [-0.2, -0.15) is 5.10 Å². The molecular formula is C14H28ClN5. The zero-order valence-electron chi connectivity index (χ0n) is 12.8. The van der Waals surface area contributed by atoms with E-state index in [9.17, 15) is 0 Å². The van der Waals surface area contributed by atoms with Crippen molar-refractivity contribution in [2.75, 3.05) is 13.1 Å². The van der Waals surface area contributed by atoms with Gasteiger partial charge in [-0.15, -0.1) is 12.4 Å². The zero-order valence-corrected chi connectivity index (χ0v) is 13.6. The van der Waals surface area contributed by atoms with Gasteiger partial charge < -0.3 is 5.73 Å². The summed E-state index contributed by atoms with van der Waals surface area (Å²) in [7, 11) is 0. The second-order valence-corrected chi connectivity index (χ2v) is 6.22. The van der Waals surface area contributed by atoms with Crippen molar-refractivity contribution in [1.29, 1.82) is 0 Å². The molecule has 1 aromatic rings. The Hall–Kier alpha value is -0.650. The van der Waals surface area contributed by atoms with Gasteiger partial charge in [0.05, 0.1) is 6.54 Å². The Morgan fingerprint density at radius 2 is 1.95 bits per heavy atom. The molecule has 1 unspecified atom stereocenters. The summed E-state index contributed by atoms with van der Waals surface area (Å²) < 4.78 is 2.04. The van der Waals surface area contributed by atoms with Gasteiger partial charge in [0.2, 0.25) is 0 Å². The number of aromatic nitrogens is 3. The van der Waals surface area contributed by atoms with Gasteiger partial charge in [0.1, 0.15) is 12.2 Å². The Morgan fingerprint density at radius 1 is 1.30 bits per heavy atom. The Kier molecular flexibility index (Phi) is 6.92. The molecule has 0 amide bonds. The fourth-order valence-corrected chi connectivity index (χ4v) is 2.75. The first-order chi connectivity index (χ1) is 9.06. The predicted octanol–water partition coefficient (Wildman–Crippen LogP) is 1.92. The van der Waals surface area contributed by atoms with Crippen LogP contribution in [0.15, 0.2) is 6.33 Å². The summed E-state index contributed by atoms with van der Waals surface area (Å²) in [6, 6.07) is 0.326. The number of rotatable bonds is 5. The van der Waals surface area contributed by atoms with E-state index in [1.807, 2.05) is 4.68 Å². The minimum absolute atomic E-state index is 0. The van der Waals surface area contributed by atoms with Crippen molar-refractivity contribution in [2.24, 2.45) is 17.6 Å². The first kappa shape index (κ1) is 17.4. The lowest BCUT2D eigenvalue weighted by molar-refractivity contribution is 0.160. The van der Waals surface area contributed by atoms with Crippen LogP contribution in [0, 0.1) is 11.8 Å². The summed E-state index contributed by atoms with van der Waals surface area (Å²) >= 11 is 0. The summed E-state index contributed by atoms with van der Waals surface area (Å²) in [6.07, 6.45) is 4.08. The van der Waals surface area contributed by atoms with Crippen molar-refractivity contribution >= 4 is 12.4 Å². The number of hydrogen-bond acceptors (Lipinski definition) is 4. The fourth-order valence-electron chi connectivity index (χ4n) is 2.75. The second kappa shape index (κ2) is 7.96. The molecule has 6 heteroatoms. The third-order valence-corrected chi connectivity index (χ3v) is 3.97. The highest BCUT2D eigenvalue weighted by atomic mass is 35.5. The SMILES string of the molecule is CC(C)Cn1ncnc1CN1CCC(C(C)N)CC1.Cl. The Morgan fingerprint density at radius 3 is 2.50 bits per heavy atom. The van der Waals surface area contributed by atoms with Crippen molar-refractivity contribution in [3.63, 3.8) is 0 Å². The van der Waals surface area contributed by atoms with E-state index < -0.39 is 0 Å². The number of piperidine rings is 1. The first-order valence-electron chi connectivity index (χ1n) is 7.41. The summed E-state index contributed by atoms with van der Waals surface area (Å²) in [5.41, 5.74) is 5.98. The van der Waals surface area contributed by atoms with Crippen LogP contribution in [0.1, 0.15) is 39.4 Å².